The van der Waals surface area contributed by atoms with Crippen LogP contribution in [0, 0.1) is 0 Å². The first-order valence-corrected chi connectivity index (χ1v) is 7.42. The first kappa shape index (κ1) is 16.6. The minimum Gasteiger partial charge on any atom is -0.319 e. The van der Waals surface area contributed by atoms with Gasteiger partial charge in [0.05, 0.1) is 5.54 Å². The van der Waals surface area contributed by atoms with E-state index in [0.717, 1.165) is 57.8 Å². The molecule has 0 aliphatic rings. The lowest BCUT2D eigenvalue weighted by Crippen LogP contribution is -2.47. The lowest BCUT2D eigenvalue weighted by Gasteiger charge is -2.28. The van der Waals surface area contributed by atoms with Crippen LogP contribution >= 0.6 is 0 Å². The Morgan fingerprint density at radius 2 is 1.35 bits per heavy atom. The molecule has 0 rings (SSSR count). The molecule has 0 saturated carbocycles. The Morgan fingerprint density at radius 1 is 0.882 bits per heavy atom. The van der Waals surface area contributed by atoms with E-state index >= 15 is 0 Å². The van der Waals surface area contributed by atoms with Crippen LogP contribution < -0.4 is 5.73 Å². The first-order chi connectivity index (χ1) is 8.10. The minimum atomic E-state index is -0.528. The molecule has 0 spiro atoms. The molecule has 0 aliphatic heterocycles. The summed E-state index contributed by atoms with van der Waals surface area (Å²) in [6, 6.07) is 0. The molecule has 0 heterocycles. The van der Waals surface area contributed by atoms with E-state index in [4.69, 9.17) is 5.73 Å². The summed E-state index contributed by atoms with van der Waals surface area (Å²) >= 11 is 0. The second-order valence-corrected chi connectivity index (χ2v) is 5.24. The van der Waals surface area contributed by atoms with Gasteiger partial charge in [0, 0.05) is 6.42 Å². The summed E-state index contributed by atoms with van der Waals surface area (Å²) in [6.45, 7) is 6.47. The average Bonchev–Trinajstić information content (AvgIpc) is 2.34. The zero-order valence-corrected chi connectivity index (χ0v) is 12.1. The number of hydrogen-bond donors (Lipinski definition) is 1. The standard InChI is InChI=1S/C15H31NO/c1-4-7-10-11-14(17)15(16,12-8-5-2)13-9-6-3/h4-13,16H2,1-3H3. The van der Waals surface area contributed by atoms with E-state index in [1.54, 1.807) is 0 Å². The molecule has 0 fully saturated rings. The molecule has 17 heavy (non-hydrogen) atoms. The van der Waals surface area contributed by atoms with Crippen LogP contribution in [0.1, 0.15) is 85.0 Å². The van der Waals surface area contributed by atoms with Gasteiger partial charge in [-0.2, -0.15) is 0 Å². The van der Waals surface area contributed by atoms with E-state index in [1.807, 2.05) is 0 Å². The normalized spacial score (nSPS) is 11.8. The smallest absolute Gasteiger partial charge is 0.152 e. The number of nitrogens with two attached hydrogens (primary N) is 1. The Balaban J connectivity index is 4.26. The maximum absolute atomic E-state index is 12.2. The van der Waals surface area contributed by atoms with Gasteiger partial charge >= 0.3 is 0 Å². The van der Waals surface area contributed by atoms with Crippen LogP contribution in [-0.2, 0) is 4.79 Å². The second kappa shape index (κ2) is 9.64. The van der Waals surface area contributed by atoms with Gasteiger partial charge in [-0.1, -0.05) is 59.3 Å². The molecular weight excluding hydrogens is 210 g/mol. The van der Waals surface area contributed by atoms with E-state index in [9.17, 15) is 4.79 Å². The van der Waals surface area contributed by atoms with E-state index in [0.29, 0.717) is 12.2 Å². The number of carbonyl (C=O) groups is 1. The van der Waals surface area contributed by atoms with E-state index in [-0.39, 0.29) is 0 Å². The molecule has 2 heteroatoms. The zero-order chi connectivity index (χ0) is 13.1. The zero-order valence-electron chi connectivity index (χ0n) is 12.1. The van der Waals surface area contributed by atoms with Crippen LogP contribution in [0.2, 0.25) is 0 Å². The third-order valence-corrected chi connectivity index (χ3v) is 3.52. The van der Waals surface area contributed by atoms with Crippen molar-refractivity contribution in [3.05, 3.63) is 0 Å². The number of Topliss-reactive ketones (excluding diaryl/α,β-unsaturated/α-hetero) is 1. The number of ketones is 1. The lowest BCUT2D eigenvalue weighted by atomic mass is 9.82. The predicted molar refractivity (Wildman–Crippen MR) is 75.1 cm³/mol. The van der Waals surface area contributed by atoms with Gasteiger partial charge in [0.25, 0.3) is 0 Å². The topological polar surface area (TPSA) is 43.1 Å². The van der Waals surface area contributed by atoms with Crippen LogP contribution in [0.15, 0.2) is 0 Å². The summed E-state index contributed by atoms with van der Waals surface area (Å²) in [5.74, 6) is 0.299. The molecule has 0 unspecified atom stereocenters. The predicted octanol–water partition coefficient (Wildman–Crippen LogP) is 4.21. The Kier molecular flexibility index (Phi) is 9.43. The largest absolute Gasteiger partial charge is 0.319 e. The molecule has 0 aliphatic carbocycles. The molecule has 0 aromatic heterocycles. The summed E-state index contributed by atoms with van der Waals surface area (Å²) in [6.07, 6.45) is 10.1. The van der Waals surface area contributed by atoms with Gasteiger partial charge in [-0.15, -0.1) is 0 Å². The fourth-order valence-corrected chi connectivity index (χ4v) is 2.17. The summed E-state index contributed by atoms with van der Waals surface area (Å²) in [4.78, 5) is 12.2. The number of carbonyl (C=O) groups excluding carboxylic acids is 1. The van der Waals surface area contributed by atoms with Crippen LogP contribution in [0.5, 0.6) is 0 Å². The van der Waals surface area contributed by atoms with Crippen molar-refractivity contribution in [2.24, 2.45) is 5.73 Å². The van der Waals surface area contributed by atoms with Crippen molar-refractivity contribution in [2.45, 2.75) is 90.5 Å². The molecule has 102 valence electrons. The third kappa shape index (κ3) is 6.82. The fraction of sp³-hybridized carbons (Fsp3) is 0.933. The number of hydrogen-bond acceptors (Lipinski definition) is 2. The SMILES string of the molecule is CCCCCC(=O)C(N)(CCCC)CCCC. The Hall–Kier alpha value is -0.370. The summed E-state index contributed by atoms with van der Waals surface area (Å²) in [5.41, 5.74) is 5.82. The molecule has 0 radical (unpaired) electrons. The van der Waals surface area contributed by atoms with Gasteiger partial charge in [0.2, 0.25) is 0 Å². The summed E-state index contributed by atoms with van der Waals surface area (Å²) in [7, 11) is 0. The van der Waals surface area contributed by atoms with Crippen molar-refractivity contribution in [3.63, 3.8) is 0 Å². The van der Waals surface area contributed by atoms with Crippen molar-refractivity contribution in [2.75, 3.05) is 0 Å². The van der Waals surface area contributed by atoms with Gasteiger partial charge in [-0.25, -0.2) is 0 Å². The Morgan fingerprint density at radius 3 is 1.76 bits per heavy atom. The van der Waals surface area contributed by atoms with Crippen LogP contribution in [-0.4, -0.2) is 11.3 Å². The van der Waals surface area contributed by atoms with E-state index in [1.165, 1.54) is 0 Å². The van der Waals surface area contributed by atoms with Gasteiger partial charge in [0.1, 0.15) is 0 Å². The molecule has 2 N–H and O–H groups in total. The molecule has 0 aromatic carbocycles. The van der Waals surface area contributed by atoms with Crippen molar-refractivity contribution in [1.82, 2.24) is 0 Å². The first-order valence-electron chi connectivity index (χ1n) is 7.42. The molecule has 0 bridgehead atoms. The fourth-order valence-electron chi connectivity index (χ4n) is 2.17. The maximum Gasteiger partial charge on any atom is 0.152 e. The lowest BCUT2D eigenvalue weighted by molar-refractivity contribution is -0.125. The Bertz CT molecular complexity index is 193. The molecule has 0 amide bonds. The van der Waals surface area contributed by atoms with Crippen molar-refractivity contribution < 1.29 is 4.79 Å². The van der Waals surface area contributed by atoms with Crippen LogP contribution in [0.25, 0.3) is 0 Å². The van der Waals surface area contributed by atoms with E-state index < -0.39 is 5.54 Å². The van der Waals surface area contributed by atoms with Gasteiger partial charge < -0.3 is 5.73 Å². The second-order valence-electron chi connectivity index (χ2n) is 5.24. The Labute approximate surface area is 107 Å². The quantitative estimate of drug-likeness (QED) is 0.550. The highest BCUT2D eigenvalue weighted by atomic mass is 16.1. The van der Waals surface area contributed by atoms with Crippen LogP contribution in [0.4, 0.5) is 0 Å². The molecule has 0 aromatic rings. The highest BCUT2D eigenvalue weighted by Crippen LogP contribution is 2.22. The van der Waals surface area contributed by atoms with Gasteiger partial charge in [-0.05, 0) is 19.3 Å². The molecule has 2 nitrogen and oxygen atoms in total. The van der Waals surface area contributed by atoms with E-state index in [2.05, 4.69) is 20.8 Å². The number of unbranched alkanes of at least 4 members (excludes halogenated alkanes) is 4. The minimum absolute atomic E-state index is 0.299. The van der Waals surface area contributed by atoms with Gasteiger partial charge in [0.15, 0.2) is 5.78 Å². The monoisotopic (exact) mass is 241 g/mol. The highest BCUT2D eigenvalue weighted by Gasteiger charge is 2.31. The molecule has 0 saturated heterocycles. The van der Waals surface area contributed by atoms with Crippen molar-refractivity contribution >= 4 is 5.78 Å². The summed E-state index contributed by atoms with van der Waals surface area (Å²) in [5, 5.41) is 0. The highest BCUT2D eigenvalue weighted by molar-refractivity contribution is 5.88. The average molecular weight is 241 g/mol. The van der Waals surface area contributed by atoms with Crippen molar-refractivity contribution in [1.29, 1.82) is 0 Å². The summed E-state index contributed by atoms with van der Waals surface area (Å²) < 4.78 is 0. The molecule has 0 atom stereocenters. The molecular formula is C15H31NO. The third-order valence-electron chi connectivity index (χ3n) is 3.52. The maximum atomic E-state index is 12.2. The van der Waals surface area contributed by atoms with Gasteiger partial charge in [-0.3, -0.25) is 4.79 Å². The van der Waals surface area contributed by atoms with Crippen LogP contribution in [0.3, 0.4) is 0 Å². The number of rotatable bonds is 11. The van der Waals surface area contributed by atoms with Crippen molar-refractivity contribution in [3.8, 4) is 0 Å².